The van der Waals surface area contributed by atoms with Gasteiger partial charge in [-0.25, -0.2) is 4.99 Å². The molecule has 2 atom stereocenters. The molecule has 23 heavy (non-hydrogen) atoms. The van der Waals surface area contributed by atoms with Gasteiger partial charge in [0, 0.05) is 18.9 Å². The fourth-order valence-corrected chi connectivity index (χ4v) is 2.50. The minimum atomic E-state index is -0.824. The SMILES string of the molecule is Cn1ccc(C(O)Nc2ccc(CCC3COC(N)=N3)cc2)n1. The molecule has 0 bridgehead atoms. The zero-order chi connectivity index (χ0) is 16.2. The summed E-state index contributed by atoms with van der Waals surface area (Å²) in [6.45, 7) is 0.571. The number of nitrogens with two attached hydrogens (primary N) is 1. The number of benzene rings is 1. The van der Waals surface area contributed by atoms with Crippen LogP contribution in [0.3, 0.4) is 0 Å². The van der Waals surface area contributed by atoms with Gasteiger partial charge in [-0.3, -0.25) is 4.68 Å². The van der Waals surface area contributed by atoms with Gasteiger partial charge in [0.05, 0.1) is 6.04 Å². The highest BCUT2D eigenvalue weighted by Gasteiger charge is 2.16. The first kappa shape index (κ1) is 15.4. The van der Waals surface area contributed by atoms with Gasteiger partial charge in [-0.2, -0.15) is 5.10 Å². The first-order valence-electron chi connectivity index (χ1n) is 7.59. The molecule has 7 nitrogen and oxygen atoms in total. The normalized spacial score (nSPS) is 18.3. The third-order valence-electron chi connectivity index (χ3n) is 3.77. The number of aryl methyl sites for hydroxylation is 2. The van der Waals surface area contributed by atoms with Crippen LogP contribution in [0.25, 0.3) is 0 Å². The average Bonchev–Trinajstić information content (AvgIpc) is 3.15. The molecular formula is C16H21N5O2. The number of aromatic nitrogens is 2. The Morgan fingerprint density at radius 3 is 2.78 bits per heavy atom. The second-order valence-electron chi connectivity index (χ2n) is 5.63. The average molecular weight is 315 g/mol. The maximum Gasteiger partial charge on any atom is 0.282 e. The lowest BCUT2D eigenvalue weighted by atomic mass is 10.1. The molecule has 0 fully saturated rings. The van der Waals surface area contributed by atoms with E-state index in [9.17, 15) is 5.11 Å². The zero-order valence-corrected chi connectivity index (χ0v) is 13.0. The lowest BCUT2D eigenvalue weighted by Crippen LogP contribution is -2.11. The summed E-state index contributed by atoms with van der Waals surface area (Å²) in [5, 5.41) is 17.3. The predicted molar refractivity (Wildman–Crippen MR) is 87.9 cm³/mol. The van der Waals surface area contributed by atoms with Gasteiger partial charge in [-0.05, 0) is 36.6 Å². The summed E-state index contributed by atoms with van der Waals surface area (Å²) in [6.07, 6.45) is 2.79. The second kappa shape index (κ2) is 6.70. The minimum Gasteiger partial charge on any atom is -0.463 e. The van der Waals surface area contributed by atoms with Gasteiger partial charge in [0.25, 0.3) is 6.02 Å². The molecule has 4 N–H and O–H groups in total. The Labute approximate surface area is 134 Å². The maximum absolute atomic E-state index is 10.1. The molecular weight excluding hydrogens is 294 g/mol. The van der Waals surface area contributed by atoms with Gasteiger partial charge in [-0.1, -0.05) is 12.1 Å². The third-order valence-corrected chi connectivity index (χ3v) is 3.77. The van der Waals surface area contributed by atoms with Crippen LogP contribution in [0.1, 0.15) is 23.9 Å². The van der Waals surface area contributed by atoms with Crippen LogP contribution in [0.2, 0.25) is 0 Å². The van der Waals surface area contributed by atoms with Crippen LogP contribution in [-0.2, 0) is 18.2 Å². The number of hydrogen-bond acceptors (Lipinski definition) is 6. The van der Waals surface area contributed by atoms with Crippen molar-refractivity contribution in [2.45, 2.75) is 25.1 Å². The molecule has 1 aliphatic rings. The van der Waals surface area contributed by atoms with Crippen LogP contribution in [0.5, 0.6) is 0 Å². The van der Waals surface area contributed by atoms with Gasteiger partial charge in [0.2, 0.25) is 0 Å². The Hall–Kier alpha value is -2.54. The summed E-state index contributed by atoms with van der Waals surface area (Å²) < 4.78 is 6.80. The largest absolute Gasteiger partial charge is 0.463 e. The molecule has 0 spiro atoms. The molecule has 122 valence electrons. The summed E-state index contributed by atoms with van der Waals surface area (Å²) in [5.41, 5.74) is 8.15. The van der Waals surface area contributed by atoms with Crippen LogP contribution < -0.4 is 11.1 Å². The number of nitrogens with zero attached hydrogens (tertiary/aromatic N) is 3. The number of hydrogen-bond donors (Lipinski definition) is 3. The van der Waals surface area contributed by atoms with E-state index in [0.717, 1.165) is 18.5 Å². The standard InChI is InChI=1S/C16H21N5O2/c1-21-9-8-14(20-21)15(22)18-12-5-2-11(3-6-12)4-7-13-10-23-16(17)19-13/h2-3,5-6,8-9,13,15,18,22H,4,7,10H2,1H3,(H2,17,19). The molecule has 3 rings (SSSR count). The molecule has 0 amide bonds. The Bertz CT molecular complexity index is 680. The summed E-state index contributed by atoms with van der Waals surface area (Å²) in [7, 11) is 1.82. The number of amidine groups is 1. The molecule has 1 aromatic carbocycles. The third kappa shape index (κ3) is 4.01. The first-order chi connectivity index (χ1) is 11.1. The molecule has 7 heteroatoms. The number of aliphatic hydroxyl groups excluding tert-OH is 1. The molecule has 0 aliphatic carbocycles. The van der Waals surface area contributed by atoms with Crippen molar-refractivity contribution < 1.29 is 9.84 Å². The van der Waals surface area contributed by atoms with Crippen LogP contribution in [0, 0.1) is 0 Å². The number of rotatable bonds is 6. The second-order valence-corrected chi connectivity index (χ2v) is 5.63. The Morgan fingerprint density at radius 2 is 2.17 bits per heavy atom. The zero-order valence-electron chi connectivity index (χ0n) is 13.0. The molecule has 1 aliphatic heterocycles. The van der Waals surface area contributed by atoms with E-state index < -0.39 is 6.23 Å². The van der Waals surface area contributed by atoms with Crippen molar-refractivity contribution in [3.05, 3.63) is 47.8 Å². The number of aliphatic imine (C=N–C) groups is 1. The molecule has 0 saturated carbocycles. The van der Waals surface area contributed by atoms with Crippen molar-refractivity contribution in [2.75, 3.05) is 11.9 Å². The Balaban J connectivity index is 1.52. The fourth-order valence-electron chi connectivity index (χ4n) is 2.50. The number of anilines is 1. The van der Waals surface area contributed by atoms with Gasteiger partial charge in [-0.15, -0.1) is 0 Å². The highest BCUT2D eigenvalue weighted by Crippen LogP contribution is 2.18. The van der Waals surface area contributed by atoms with Crippen molar-refractivity contribution in [1.82, 2.24) is 9.78 Å². The summed E-state index contributed by atoms with van der Waals surface area (Å²) in [5.74, 6) is 0. The van der Waals surface area contributed by atoms with E-state index in [1.165, 1.54) is 5.56 Å². The monoisotopic (exact) mass is 315 g/mol. The quantitative estimate of drug-likeness (QED) is 0.695. The number of aliphatic hydroxyl groups is 1. The molecule has 2 unspecified atom stereocenters. The van der Waals surface area contributed by atoms with E-state index in [1.54, 1.807) is 16.9 Å². The van der Waals surface area contributed by atoms with E-state index >= 15 is 0 Å². The van der Waals surface area contributed by atoms with Crippen molar-refractivity contribution >= 4 is 11.7 Å². The lowest BCUT2D eigenvalue weighted by Gasteiger charge is -2.12. The van der Waals surface area contributed by atoms with Crippen molar-refractivity contribution in [3.63, 3.8) is 0 Å². The topological polar surface area (TPSA) is 97.7 Å². The molecule has 0 saturated heterocycles. The fraction of sp³-hybridized carbons (Fsp3) is 0.375. The van der Waals surface area contributed by atoms with Crippen LogP contribution in [-0.4, -0.2) is 33.6 Å². The molecule has 2 heterocycles. The van der Waals surface area contributed by atoms with E-state index in [4.69, 9.17) is 10.5 Å². The van der Waals surface area contributed by atoms with E-state index in [0.29, 0.717) is 12.3 Å². The summed E-state index contributed by atoms with van der Waals surface area (Å²) in [4.78, 5) is 4.21. The van der Waals surface area contributed by atoms with E-state index in [1.807, 2.05) is 31.3 Å². The lowest BCUT2D eigenvalue weighted by molar-refractivity contribution is 0.202. The highest BCUT2D eigenvalue weighted by atomic mass is 16.5. The summed E-state index contributed by atoms with van der Waals surface area (Å²) in [6, 6.07) is 10.2. The van der Waals surface area contributed by atoms with Crippen LogP contribution in [0.4, 0.5) is 5.69 Å². The van der Waals surface area contributed by atoms with Crippen LogP contribution >= 0.6 is 0 Å². The minimum absolute atomic E-state index is 0.152. The first-order valence-corrected chi connectivity index (χ1v) is 7.59. The Kier molecular flexibility index (Phi) is 4.47. The van der Waals surface area contributed by atoms with Crippen molar-refractivity contribution in [1.29, 1.82) is 0 Å². The van der Waals surface area contributed by atoms with Gasteiger partial charge >= 0.3 is 0 Å². The predicted octanol–water partition coefficient (Wildman–Crippen LogP) is 1.17. The summed E-state index contributed by atoms with van der Waals surface area (Å²) >= 11 is 0. The number of ether oxygens (including phenoxy) is 1. The van der Waals surface area contributed by atoms with Crippen molar-refractivity contribution in [3.8, 4) is 0 Å². The van der Waals surface area contributed by atoms with E-state index in [2.05, 4.69) is 15.4 Å². The van der Waals surface area contributed by atoms with Crippen molar-refractivity contribution in [2.24, 2.45) is 17.8 Å². The van der Waals surface area contributed by atoms with Gasteiger partial charge in [0.1, 0.15) is 12.3 Å². The van der Waals surface area contributed by atoms with Gasteiger partial charge in [0.15, 0.2) is 6.23 Å². The van der Waals surface area contributed by atoms with Gasteiger partial charge < -0.3 is 20.9 Å². The highest BCUT2D eigenvalue weighted by molar-refractivity contribution is 5.73. The Morgan fingerprint density at radius 1 is 1.39 bits per heavy atom. The smallest absolute Gasteiger partial charge is 0.282 e. The number of nitrogens with one attached hydrogen (secondary N) is 1. The molecule has 1 aromatic heterocycles. The molecule has 0 radical (unpaired) electrons. The van der Waals surface area contributed by atoms with E-state index in [-0.39, 0.29) is 12.1 Å². The molecule has 2 aromatic rings. The maximum atomic E-state index is 10.1. The van der Waals surface area contributed by atoms with Crippen LogP contribution in [0.15, 0.2) is 41.5 Å².